The Morgan fingerprint density at radius 1 is 1.38 bits per heavy atom. The molecule has 2 rings (SSSR count). The van der Waals surface area contributed by atoms with Crippen molar-refractivity contribution in [3.63, 3.8) is 0 Å². The molecule has 2 aliphatic carbocycles. The van der Waals surface area contributed by atoms with Crippen molar-refractivity contribution in [1.82, 2.24) is 5.32 Å². The molecule has 0 aromatic rings. The first-order valence-electron chi connectivity index (χ1n) is 5.11. The Bertz CT molecular complexity index is 209. The van der Waals surface area contributed by atoms with Crippen molar-refractivity contribution in [3.05, 3.63) is 0 Å². The molecule has 74 valence electrons. The Hall–Kier alpha value is -0.730. The monoisotopic (exact) mass is 183 g/mol. The van der Waals surface area contributed by atoms with Gasteiger partial charge in [-0.3, -0.25) is 0 Å². The number of hydrogen-bond donors (Lipinski definition) is 1. The van der Waals surface area contributed by atoms with Crippen LogP contribution in [0.4, 0.5) is 4.79 Å². The maximum Gasteiger partial charge on any atom is 0.407 e. The largest absolute Gasteiger partial charge is 0.453 e. The highest BCUT2D eigenvalue weighted by Crippen LogP contribution is 2.56. The molecule has 0 aromatic carbocycles. The first kappa shape index (κ1) is 8.85. The van der Waals surface area contributed by atoms with Crippen LogP contribution < -0.4 is 5.32 Å². The van der Waals surface area contributed by atoms with Crippen molar-refractivity contribution in [1.29, 1.82) is 0 Å². The lowest BCUT2D eigenvalue weighted by molar-refractivity contribution is 0.167. The summed E-state index contributed by atoms with van der Waals surface area (Å²) in [6.07, 6.45) is 7.52. The zero-order chi connectivity index (χ0) is 9.31. The molecular weight excluding hydrogens is 166 g/mol. The predicted octanol–water partition coefficient (Wildman–Crippen LogP) is 2.07. The number of amides is 1. The van der Waals surface area contributed by atoms with Crippen molar-refractivity contribution in [2.24, 2.45) is 5.41 Å². The van der Waals surface area contributed by atoms with Crippen molar-refractivity contribution >= 4 is 6.09 Å². The topological polar surface area (TPSA) is 38.3 Å². The molecule has 2 saturated carbocycles. The van der Waals surface area contributed by atoms with Gasteiger partial charge in [-0.05, 0) is 24.7 Å². The molecule has 3 heteroatoms. The average Bonchev–Trinajstić information content (AvgIpc) is 2.79. The van der Waals surface area contributed by atoms with Crippen molar-refractivity contribution in [2.45, 2.75) is 44.6 Å². The maximum absolute atomic E-state index is 11.0. The molecule has 1 spiro atoms. The second kappa shape index (κ2) is 3.20. The molecule has 13 heavy (non-hydrogen) atoms. The minimum absolute atomic E-state index is 0.271. The maximum atomic E-state index is 11.0. The predicted molar refractivity (Wildman–Crippen MR) is 49.5 cm³/mol. The molecule has 1 unspecified atom stereocenters. The fraction of sp³-hybridized carbons (Fsp3) is 0.900. The van der Waals surface area contributed by atoms with Gasteiger partial charge in [0.2, 0.25) is 0 Å². The zero-order valence-electron chi connectivity index (χ0n) is 8.14. The summed E-state index contributed by atoms with van der Waals surface area (Å²) in [6.45, 7) is 0. The van der Waals surface area contributed by atoms with Crippen LogP contribution in [0.2, 0.25) is 0 Å². The lowest BCUT2D eigenvalue weighted by Gasteiger charge is -2.22. The molecular formula is C10H17NO2. The van der Waals surface area contributed by atoms with Gasteiger partial charge in [0, 0.05) is 6.04 Å². The molecule has 0 bridgehead atoms. The number of ether oxygens (including phenoxy) is 1. The third-order valence-electron chi connectivity index (χ3n) is 3.52. The Kier molecular flexibility index (Phi) is 2.18. The van der Waals surface area contributed by atoms with E-state index in [1.165, 1.54) is 45.6 Å². The van der Waals surface area contributed by atoms with Gasteiger partial charge in [0.15, 0.2) is 0 Å². The second-order valence-electron chi connectivity index (χ2n) is 4.32. The third kappa shape index (κ3) is 1.64. The summed E-state index contributed by atoms with van der Waals surface area (Å²) < 4.78 is 4.58. The van der Waals surface area contributed by atoms with E-state index in [0.29, 0.717) is 11.5 Å². The number of hydrogen-bond acceptors (Lipinski definition) is 2. The fourth-order valence-corrected chi connectivity index (χ4v) is 2.56. The Morgan fingerprint density at radius 2 is 2.08 bits per heavy atom. The summed E-state index contributed by atoms with van der Waals surface area (Å²) in [5.41, 5.74) is 0.465. The molecule has 1 amide bonds. The van der Waals surface area contributed by atoms with Crippen LogP contribution in [0, 0.1) is 5.41 Å². The van der Waals surface area contributed by atoms with Gasteiger partial charge in [-0.25, -0.2) is 4.79 Å². The van der Waals surface area contributed by atoms with Crippen LogP contribution in [0.15, 0.2) is 0 Å². The van der Waals surface area contributed by atoms with E-state index in [4.69, 9.17) is 0 Å². The molecule has 1 atom stereocenters. The second-order valence-corrected chi connectivity index (χ2v) is 4.32. The lowest BCUT2D eigenvalue weighted by Crippen LogP contribution is -2.30. The fourth-order valence-electron chi connectivity index (χ4n) is 2.56. The molecule has 2 aliphatic rings. The van der Waals surface area contributed by atoms with E-state index in [1.807, 2.05) is 0 Å². The summed E-state index contributed by atoms with van der Waals surface area (Å²) in [7, 11) is 1.42. The van der Waals surface area contributed by atoms with E-state index < -0.39 is 0 Å². The van der Waals surface area contributed by atoms with E-state index in [-0.39, 0.29) is 6.09 Å². The summed E-state index contributed by atoms with van der Waals surface area (Å²) in [5.74, 6) is 0. The van der Waals surface area contributed by atoms with Gasteiger partial charge in [-0.1, -0.05) is 19.3 Å². The van der Waals surface area contributed by atoms with E-state index in [2.05, 4.69) is 10.1 Å². The highest BCUT2D eigenvalue weighted by molar-refractivity contribution is 5.68. The first-order valence-corrected chi connectivity index (χ1v) is 5.11. The zero-order valence-corrected chi connectivity index (χ0v) is 8.14. The van der Waals surface area contributed by atoms with E-state index in [9.17, 15) is 4.79 Å². The molecule has 0 radical (unpaired) electrons. The molecule has 3 nitrogen and oxygen atoms in total. The normalized spacial score (nSPS) is 29.8. The molecule has 0 heterocycles. The summed E-state index contributed by atoms with van der Waals surface area (Å²) in [4.78, 5) is 11.0. The van der Waals surface area contributed by atoms with Crippen LogP contribution >= 0.6 is 0 Å². The van der Waals surface area contributed by atoms with Crippen LogP contribution in [0.5, 0.6) is 0 Å². The van der Waals surface area contributed by atoms with E-state index >= 15 is 0 Å². The number of rotatable bonds is 1. The van der Waals surface area contributed by atoms with E-state index in [0.717, 1.165) is 0 Å². The van der Waals surface area contributed by atoms with Gasteiger partial charge < -0.3 is 10.1 Å². The Morgan fingerprint density at radius 3 is 2.69 bits per heavy atom. The lowest BCUT2D eigenvalue weighted by atomic mass is 9.86. The number of methoxy groups -OCH3 is 1. The number of carbonyl (C=O) groups excluding carboxylic acids is 1. The van der Waals surface area contributed by atoms with Gasteiger partial charge >= 0.3 is 6.09 Å². The highest BCUT2D eigenvalue weighted by Gasteiger charge is 2.54. The highest BCUT2D eigenvalue weighted by atomic mass is 16.5. The average molecular weight is 183 g/mol. The first-order chi connectivity index (χ1) is 6.27. The molecule has 2 fully saturated rings. The minimum Gasteiger partial charge on any atom is -0.453 e. The summed E-state index contributed by atoms with van der Waals surface area (Å²) in [5, 5.41) is 2.90. The van der Waals surface area contributed by atoms with Gasteiger partial charge in [-0.2, -0.15) is 0 Å². The van der Waals surface area contributed by atoms with Crippen LogP contribution in [-0.4, -0.2) is 19.2 Å². The quantitative estimate of drug-likeness (QED) is 0.675. The van der Waals surface area contributed by atoms with Crippen molar-refractivity contribution < 1.29 is 9.53 Å². The van der Waals surface area contributed by atoms with Gasteiger partial charge in [0.25, 0.3) is 0 Å². The molecule has 0 aromatic heterocycles. The van der Waals surface area contributed by atoms with Crippen LogP contribution in [0.1, 0.15) is 38.5 Å². The Balaban J connectivity index is 1.82. The van der Waals surface area contributed by atoms with Crippen LogP contribution in [-0.2, 0) is 4.74 Å². The number of carbonyl (C=O) groups is 1. The van der Waals surface area contributed by atoms with Crippen LogP contribution in [0.25, 0.3) is 0 Å². The SMILES string of the molecule is COC(=O)NC1CC12CCCCC2. The molecule has 0 saturated heterocycles. The summed E-state index contributed by atoms with van der Waals surface area (Å²) >= 11 is 0. The standard InChI is InChI=1S/C10H17NO2/c1-13-9(12)11-8-7-10(8)5-3-2-4-6-10/h8H,2-7H2,1H3,(H,11,12). The van der Waals surface area contributed by atoms with Crippen molar-refractivity contribution in [2.75, 3.05) is 7.11 Å². The van der Waals surface area contributed by atoms with Gasteiger partial charge in [-0.15, -0.1) is 0 Å². The minimum atomic E-state index is -0.271. The summed E-state index contributed by atoms with van der Waals surface area (Å²) in [6, 6.07) is 0.403. The Labute approximate surface area is 78.8 Å². The number of nitrogens with one attached hydrogen (secondary N) is 1. The smallest absolute Gasteiger partial charge is 0.407 e. The third-order valence-corrected chi connectivity index (χ3v) is 3.52. The van der Waals surface area contributed by atoms with Gasteiger partial charge in [0.05, 0.1) is 7.11 Å². The molecule has 0 aliphatic heterocycles. The van der Waals surface area contributed by atoms with Crippen LogP contribution in [0.3, 0.4) is 0 Å². The van der Waals surface area contributed by atoms with Gasteiger partial charge in [0.1, 0.15) is 0 Å². The van der Waals surface area contributed by atoms with Crippen molar-refractivity contribution in [3.8, 4) is 0 Å². The molecule has 1 N–H and O–H groups in total. The number of alkyl carbamates (subject to hydrolysis) is 1. The van der Waals surface area contributed by atoms with E-state index in [1.54, 1.807) is 0 Å².